The van der Waals surface area contributed by atoms with Crippen LogP contribution in [0.4, 0.5) is 5.69 Å². The van der Waals surface area contributed by atoms with E-state index in [9.17, 15) is 14.7 Å². The molecule has 0 aromatic heterocycles. The Bertz CT molecular complexity index is 881. The number of aromatic hydroxyl groups is 1. The number of nitrogens with zero attached hydrogens (tertiary/aromatic N) is 1. The van der Waals surface area contributed by atoms with E-state index >= 15 is 0 Å². The van der Waals surface area contributed by atoms with E-state index in [1.807, 2.05) is 19.9 Å². The number of phenolic OH excluding ortho intramolecular Hbond substituents is 1. The third-order valence-corrected chi connectivity index (χ3v) is 4.00. The fourth-order valence-corrected chi connectivity index (χ4v) is 2.32. The van der Waals surface area contributed by atoms with E-state index in [2.05, 4.69) is 15.8 Å². The van der Waals surface area contributed by atoms with Crippen LogP contribution in [0.25, 0.3) is 0 Å². The van der Waals surface area contributed by atoms with E-state index in [4.69, 9.17) is 16.3 Å². The van der Waals surface area contributed by atoms with Crippen LogP contribution in [0.2, 0.25) is 5.02 Å². The summed E-state index contributed by atoms with van der Waals surface area (Å²) in [7, 11) is 1.38. The summed E-state index contributed by atoms with van der Waals surface area (Å²) >= 11 is 5.86. The number of hydrogen-bond acceptors (Lipinski definition) is 5. The SMILES string of the molecule is COc1cc(/C=N\NC(=O)C(=O)Nc2cccc(C)c2C)cc(Cl)c1O. The monoisotopic (exact) mass is 375 g/mol. The summed E-state index contributed by atoms with van der Waals surface area (Å²) in [6.07, 6.45) is 1.27. The Morgan fingerprint density at radius 3 is 2.65 bits per heavy atom. The van der Waals surface area contributed by atoms with Crippen molar-refractivity contribution in [2.75, 3.05) is 12.4 Å². The number of hydrazone groups is 1. The number of carbonyl (C=O) groups is 2. The fraction of sp³-hybridized carbons (Fsp3) is 0.167. The zero-order valence-corrected chi connectivity index (χ0v) is 15.2. The average molecular weight is 376 g/mol. The number of hydrogen-bond donors (Lipinski definition) is 3. The van der Waals surface area contributed by atoms with Gasteiger partial charge in [0.1, 0.15) is 0 Å². The summed E-state index contributed by atoms with van der Waals surface area (Å²) in [5.41, 5.74) is 5.04. The molecule has 2 rings (SSSR count). The highest BCUT2D eigenvalue weighted by Crippen LogP contribution is 2.34. The van der Waals surface area contributed by atoms with Gasteiger partial charge < -0.3 is 15.2 Å². The number of rotatable bonds is 4. The number of halogens is 1. The normalized spacial score (nSPS) is 10.6. The summed E-state index contributed by atoms with van der Waals surface area (Å²) in [4.78, 5) is 23.8. The number of nitrogens with one attached hydrogen (secondary N) is 2. The van der Waals surface area contributed by atoms with Crippen LogP contribution >= 0.6 is 11.6 Å². The first kappa shape index (κ1) is 19.3. The highest BCUT2D eigenvalue weighted by Gasteiger charge is 2.14. The van der Waals surface area contributed by atoms with Crippen LogP contribution in [-0.4, -0.2) is 30.2 Å². The molecule has 0 aliphatic carbocycles. The van der Waals surface area contributed by atoms with Crippen molar-refractivity contribution in [3.05, 3.63) is 52.0 Å². The maximum absolute atomic E-state index is 11.9. The molecule has 7 nitrogen and oxygen atoms in total. The van der Waals surface area contributed by atoms with Crippen molar-refractivity contribution in [1.82, 2.24) is 5.43 Å². The molecule has 3 N–H and O–H groups in total. The molecule has 0 fully saturated rings. The van der Waals surface area contributed by atoms with Gasteiger partial charge in [0, 0.05) is 5.69 Å². The number of benzene rings is 2. The molecular formula is C18H18ClN3O4. The Morgan fingerprint density at radius 1 is 1.23 bits per heavy atom. The zero-order valence-electron chi connectivity index (χ0n) is 14.5. The minimum atomic E-state index is -0.918. The average Bonchev–Trinajstić information content (AvgIpc) is 2.61. The lowest BCUT2D eigenvalue weighted by molar-refractivity contribution is -0.136. The second-order valence-corrected chi connectivity index (χ2v) is 5.86. The topological polar surface area (TPSA) is 100 Å². The molecule has 0 heterocycles. The van der Waals surface area contributed by atoms with Gasteiger partial charge in [0.15, 0.2) is 11.5 Å². The second kappa shape index (κ2) is 8.35. The summed E-state index contributed by atoms with van der Waals surface area (Å²) in [5.74, 6) is -1.78. The highest BCUT2D eigenvalue weighted by atomic mass is 35.5. The lowest BCUT2D eigenvalue weighted by atomic mass is 10.1. The van der Waals surface area contributed by atoms with Gasteiger partial charge in [-0.05, 0) is 48.7 Å². The maximum Gasteiger partial charge on any atom is 0.329 e. The number of methoxy groups -OCH3 is 1. The van der Waals surface area contributed by atoms with Gasteiger partial charge in [-0.1, -0.05) is 23.7 Å². The first-order valence-corrected chi connectivity index (χ1v) is 7.98. The molecule has 136 valence electrons. The van der Waals surface area contributed by atoms with Crippen LogP contribution in [0.3, 0.4) is 0 Å². The minimum absolute atomic E-state index is 0.0739. The molecule has 0 spiro atoms. The molecule has 0 saturated heterocycles. The fourth-order valence-electron chi connectivity index (χ4n) is 2.11. The molecule has 0 bridgehead atoms. The first-order valence-electron chi connectivity index (χ1n) is 7.60. The lowest BCUT2D eigenvalue weighted by Crippen LogP contribution is -2.32. The standard InChI is InChI=1S/C18H18ClN3O4/c1-10-5-4-6-14(11(10)2)21-17(24)18(25)22-20-9-12-7-13(19)16(23)15(8-12)26-3/h4-9,23H,1-3H3,(H,21,24)(H,22,25)/b20-9-. The summed E-state index contributed by atoms with van der Waals surface area (Å²) in [6, 6.07) is 8.32. The molecule has 0 saturated carbocycles. The Labute approximate surface area is 155 Å². The number of carbonyl (C=O) groups excluding carboxylic acids is 2. The van der Waals surface area contributed by atoms with Crippen molar-refractivity contribution in [2.45, 2.75) is 13.8 Å². The molecule has 0 aliphatic rings. The van der Waals surface area contributed by atoms with Gasteiger partial charge in [0.25, 0.3) is 0 Å². The Morgan fingerprint density at radius 2 is 1.96 bits per heavy atom. The number of anilines is 1. The van der Waals surface area contributed by atoms with E-state index in [-0.39, 0.29) is 16.5 Å². The van der Waals surface area contributed by atoms with Crippen LogP contribution < -0.4 is 15.5 Å². The largest absolute Gasteiger partial charge is 0.503 e. The number of amides is 2. The van der Waals surface area contributed by atoms with Crippen LogP contribution in [-0.2, 0) is 9.59 Å². The van der Waals surface area contributed by atoms with Crippen LogP contribution in [0.15, 0.2) is 35.4 Å². The van der Waals surface area contributed by atoms with Gasteiger partial charge in [0.2, 0.25) is 0 Å². The van der Waals surface area contributed by atoms with Gasteiger partial charge in [-0.2, -0.15) is 5.10 Å². The van der Waals surface area contributed by atoms with Crippen molar-refractivity contribution in [3.8, 4) is 11.5 Å². The van der Waals surface area contributed by atoms with E-state index in [0.29, 0.717) is 11.3 Å². The quantitative estimate of drug-likeness (QED) is 0.434. The van der Waals surface area contributed by atoms with Gasteiger partial charge in [-0.15, -0.1) is 0 Å². The van der Waals surface area contributed by atoms with Crippen molar-refractivity contribution in [1.29, 1.82) is 0 Å². The first-order chi connectivity index (χ1) is 12.3. The van der Waals surface area contributed by atoms with E-state index in [1.165, 1.54) is 25.5 Å². The lowest BCUT2D eigenvalue weighted by Gasteiger charge is -2.09. The molecule has 0 atom stereocenters. The van der Waals surface area contributed by atoms with Gasteiger partial charge in [-0.3, -0.25) is 9.59 Å². The minimum Gasteiger partial charge on any atom is -0.503 e. The molecule has 26 heavy (non-hydrogen) atoms. The van der Waals surface area contributed by atoms with E-state index in [0.717, 1.165) is 11.1 Å². The van der Waals surface area contributed by atoms with Gasteiger partial charge >= 0.3 is 11.8 Å². The Hall–Kier alpha value is -3.06. The molecule has 0 radical (unpaired) electrons. The summed E-state index contributed by atoms with van der Waals surface area (Å²) < 4.78 is 4.97. The molecule has 0 aliphatic heterocycles. The smallest absolute Gasteiger partial charge is 0.329 e. The van der Waals surface area contributed by atoms with Gasteiger partial charge in [-0.25, -0.2) is 5.43 Å². The van der Waals surface area contributed by atoms with Crippen molar-refractivity contribution in [3.63, 3.8) is 0 Å². The third-order valence-electron chi connectivity index (χ3n) is 3.71. The van der Waals surface area contributed by atoms with Crippen LogP contribution in [0.5, 0.6) is 11.5 Å². The second-order valence-electron chi connectivity index (χ2n) is 5.45. The molecule has 0 unspecified atom stereocenters. The Balaban J connectivity index is 2.02. The number of phenols is 1. The number of aryl methyl sites for hydroxylation is 1. The molecule has 2 amide bonds. The summed E-state index contributed by atoms with van der Waals surface area (Å²) in [6.45, 7) is 3.76. The molecule has 2 aromatic rings. The van der Waals surface area contributed by atoms with E-state index in [1.54, 1.807) is 12.1 Å². The Kier molecular flexibility index (Phi) is 6.19. The van der Waals surface area contributed by atoms with Crippen LogP contribution in [0.1, 0.15) is 16.7 Å². The zero-order chi connectivity index (χ0) is 19.3. The highest BCUT2D eigenvalue weighted by molar-refractivity contribution is 6.39. The van der Waals surface area contributed by atoms with Crippen molar-refractivity contribution >= 4 is 35.3 Å². The van der Waals surface area contributed by atoms with Crippen molar-refractivity contribution in [2.24, 2.45) is 5.10 Å². The van der Waals surface area contributed by atoms with Crippen LogP contribution in [0, 0.1) is 13.8 Å². The van der Waals surface area contributed by atoms with E-state index < -0.39 is 11.8 Å². The molecule has 2 aromatic carbocycles. The van der Waals surface area contributed by atoms with Crippen molar-refractivity contribution < 1.29 is 19.4 Å². The molecule has 8 heteroatoms. The number of ether oxygens (including phenoxy) is 1. The molecular weight excluding hydrogens is 358 g/mol. The third kappa shape index (κ3) is 4.52. The van der Waals surface area contributed by atoms with Gasteiger partial charge in [0.05, 0.1) is 18.3 Å². The predicted molar refractivity (Wildman–Crippen MR) is 100.0 cm³/mol. The maximum atomic E-state index is 11.9. The summed E-state index contributed by atoms with van der Waals surface area (Å²) in [5, 5.41) is 16.0. The predicted octanol–water partition coefficient (Wildman–Crippen LogP) is 2.76.